The summed E-state index contributed by atoms with van der Waals surface area (Å²) in [5.41, 5.74) is -2.69. The zero-order chi connectivity index (χ0) is 24.4. The summed E-state index contributed by atoms with van der Waals surface area (Å²) in [6, 6.07) is 0. The van der Waals surface area contributed by atoms with Gasteiger partial charge < -0.3 is 19.3 Å². The van der Waals surface area contributed by atoms with Crippen molar-refractivity contribution >= 4 is 23.9 Å². The predicted octanol–water partition coefficient (Wildman–Crippen LogP) is 3.65. The third-order valence-corrected chi connectivity index (χ3v) is 7.23. The van der Waals surface area contributed by atoms with Crippen LogP contribution >= 0.6 is 0 Å². The van der Waals surface area contributed by atoms with E-state index in [2.05, 4.69) is 0 Å². The number of cyclic esters (lactones) is 1. The highest BCUT2D eigenvalue weighted by Crippen LogP contribution is 2.65. The number of carboxylic acids is 1. The van der Waals surface area contributed by atoms with Crippen LogP contribution in [0, 0.1) is 11.3 Å². The Morgan fingerprint density at radius 3 is 2.64 bits per heavy atom. The molecule has 8 nitrogen and oxygen atoms in total. The van der Waals surface area contributed by atoms with Crippen LogP contribution in [0.25, 0.3) is 0 Å². The lowest BCUT2D eigenvalue weighted by molar-refractivity contribution is -0.235. The van der Waals surface area contributed by atoms with E-state index in [1.807, 2.05) is 6.92 Å². The summed E-state index contributed by atoms with van der Waals surface area (Å²) < 4.78 is 17.3. The molecule has 3 aliphatic rings. The minimum atomic E-state index is -1.14. The molecule has 1 saturated heterocycles. The van der Waals surface area contributed by atoms with E-state index in [9.17, 15) is 19.2 Å². The number of ether oxygens (including phenoxy) is 3. The zero-order valence-corrected chi connectivity index (χ0v) is 19.6. The summed E-state index contributed by atoms with van der Waals surface area (Å²) >= 11 is 0. The van der Waals surface area contributed by atoms with Crippen molar-refractivity contribution in [2.24, 2.45) is 11.3 Å². The van der Waals surface area contributed by atoms with Gasteiger partial charge in [-0.1, -0.05) is 25.2 Å². The van der Waals surface area contributed by atoms with Crippen molar-refractivity contribution < 1.29 is 38.5 Å². The van der Waals surface area contributed by atoms with Gasteiger partial charge in [0.2, 0.25) is 0 Å². The van der Waals surface area contributed by atoms with Crippen molar-refractivity contribution in [3.8, 4) is 0 Å². The lowest BCUT2D eigenvalue weighted by Gasteiger charge is -2.54. The molecule has 2 fully saturated rings. The van der Waals surface area contributed by atoms with E-state index in [0.29, 0.717) is 44.3 Å². The Hall–Kier alpha value is -2.90. The Bertz CT molecular complexity index is 944. The van der Waals surface area contributed by atoms with Crippen LogP contribution in [0.1, 0.15) is 66.2 Å². The van der Waals surface area contributed by atoms with Crippen molar-refractivity contribution in [1.29, 1.82) is 0 Å². The summed E-state index contributed by atoms with van der Waals surface area (Å²) in [5.74, 6) is -2.76. The Morgan fingerprint density at radius 2 is 2.00 bits per heavy atom. The van der Waals surface area contributed by atoms with E-state index in [4.69, 9.17) is 19.3 Å². The van der Waals surface area contributed by atoms with E-state index in [1.54, 1.807) is 25.2 Å². The second-order valence-electron chi connectivity index (χ2n) is 9.31. The fourth-order valence-corrected chi connectivity index (χ4v) is 5.61. The summed E-state index contributed by atoms with van der Waals surface area (Å²) in [5, 5.41) is 9.09. The molecule has 0 radical (unpaired) electrons. The van der Waals surface area contributed by atoms with Crippen LogP contribution in [-0.2, 0) is 33.4 Å². The third-order valence-electron chi connectivity index (χ3n) is 7.23. The first-order valence-electron chi connectivity index (χ1n) is 11.4. The minimum Gasteiger partial charge on any atom is -0.478 e. The molecule has 0 spiro atoms. The number of carbonyl (C=O) groups is 4. The maximum absolute atomic E-state index is 13.5. The third kappa shape index (κ3) is 4.23. The Labute approximate surface area is 193 Å². The van der Waals surface area contributed by atoms with Gasteiger partial charge >= 0.3 is 23.9 Å². The van der Waals surface area contributed by atoms with Crippen molar-refractivity contribution in [3.63, 3.8) is 0 Å². The molecule has 0 unspecified atom stereocenters. The molecule has 1 saturated carbocycles. The molecule has 2 aliphatic carbocycles. The first-order valence-corrected chi connectivity index (χ1v) is 11.4. The maximum Gasteiger partial charge on any atom is 0.333 e. The normalized spacial score (nSPS) is 33.6. The SMILES string of the molecule is CCCOC(=O)C1=CC[C@@]23CC[C@@H]([C@@](C)(/C=C/C=C(\C)C(=O)O)OC2=O)[C@@]3(OC(C)=O)CC1. The monoisotopic (exact) mass is 460 g/mol. The van der Waals surface area contributed by atoms with Crippen LogP contribution in [0.3, 0.4) is 0 Å². The molecule has 1 heterocycles. The van der Waals surface area contributed by atoms with Crippen molar-refractivity contribution in [3.05, 3.63) is 35.5 Å². The first kappa shape index (κ1) is 24.7. The molecule has 0 aromatic heterocycles. The Balaban J connectivity index is 2.02. The number of allylic oxidation sites excluding steroid dienone is 3. The van der Waals surface area contributed by atoms with E-state index in [1.165, 1.54) is 19.9 Å². The molecule has 2 bridgehead atoms. The second kappa shape index (κ2) is 9.15. The van der Waals surface area contributed by atoms with Gasteiger partial charge in [-0.15, -0.1) is 0 Å². The summed E-state index contributed by atoms with van der Waals surface area (Å²) in [6.07, 6.45) is 9.00. The molecule has 1 N–H and O–H groups in total. The van der Waals surface area contributed by atoms with Gasteiger partial charge in [-0.3, -0.25) is 9.59 Å². The first-order chi connectivity index (χ1) is 15.5. The molecule has 0 aromatic rings. The number of carboxylic acid groups (broad SMARTS) is 1. The Morgan fingerprint density at radius 1 is 1.27 bits per heavy atom. The lowest BCUT2D eigenvalue weighted by Crippen LogP contribution is -2.65. The van der Waals surface area contributed by atoms with E-state index >= 15 is 0 Å². The number of rotatable bonds is 7. The standard InChI is InChI=1S/C25H32O8/c1-5-15-31-21(29)18-8-12-24-13-10-19(25(24,14-9-18)32-17(3)26)23(4,33-22(24)30)11-6-7-16(2)20(27)28/h6-8,11,19H,5,9-10,12-15H2,1-4H3,(H,27,28)/b11-6+,16-7+/t19-,23+,24+,25-/m0/s1. The van der Waals surface area contributed by atoms with Gasteiger partial charge in [-0.2, -0.15) is 0 Å². The van der Waals surface area contributed by atoms with Crippen LogP contribution in [0.5, 0.6) is 0 Å². The maximum atomic E-state index is 13.5. The van der Waals surface area contributed by atoms with Gasteiger partial charge in [0.15, 0.2) is 0 Å². The molecule has 3 rings (SSSR count). The molecule has 180 valence electrons. The molecular formula is C25H32O8. The molecule has 0 amide bonds. The minimum absolute atomic E-state index is 0.140. The van der Waals surface area contributed by atoms with Crippen LogP contribution in [-0.4, -0.2) is 46.8 Å². The quantitative estimate of drug-likeness (QED) is 0.265. The molecule has 8 heteroatoms. The van der Waals surface area contributed by atoms with Gasteiger partial charge in [-0.05, 0) is 58.4 Å². The smallest absolute Gasteiger partial charge is 0.333 e. The van der Waals surface area contributed by atoms with E-state index in [-0.39, 0.29) is 17.9 Å². The number of aliphatic carboxylic acids is 1. The van der Waals surface area contributed by atoms with E-state index < -0.39 is 40.5 Å². The van der Waals surface area contributed by atoms with Crippen molar-refractivity contribution in [2.75, 3.05) is 6.61 Å². The highest BCUT2D eigenvalue weighted by Gasteiger charge is 2.74. The molecule has 0 aromatic carbocycles. The predicted molar refractivity (Wildman–Crippen MR) is 118 cm³/mol. The highest BCUT2D eigenvalue weighted by molar-refractivity contribution is 5.90. The van der Waals surface area contributed by atoms with Gasteiger partial charge in [0, 0.05) is 24.0 Å². The summed E-state index contributed by atoms with van der Waals surface area (Å²) in [6.45, 7) is 6.77. The Kier molecular flexibility index (Phi) is 6.86. The topological polar surface area (TPSA) is 116 Å². The highest BCUT2D eigenvalue weighted by atomic mass is 16.6. The van der Waals surface area contributed by atoms with Crippen LogP contribution in [0.4, 0.5) is 0 Å². The van der Waals surface area contributed by atoms with Crippen LogP contribution in [0.2, 0.25) is 0 Å². The van der Waals surface area contributed by atoms with E-state index in [0.717, 1.165) is 0 Å². The number of esters is 3. The van der Waals surface area contributed by atoms with Gasteiger partial charge in [0.25, 0.3) is 0 Å². The fourth-order valence-electron chi connectivity index (χ4n) is 5.61. The number of carbonyl (C=O) groups excluding carboxylic acids is 3. The number of hydrogen-bond donors (Lipinski definition) is 1. The van der Waals surface area contributed by atoms with Gasteiger partial charge in [-0.25, -0.2) is 9.59 Å². The fraction of sp³-hybridized carbons (Fsp3) is 0.600. The van der Waals surface area contributed by atoms with Crippen molar-refractivity contribution in [2.45, 2.75) is 77.4 Å². The second-order valence-corrected chi connectivity index (χ2v) is 9.31. The molecule has 4 atom stereocenters. The molecular weight excluding hydrogens is 428 g/mol. The number of hydrogen-bond acceptors (Lipinski definition) is 7. The lowest BCUT2D eigenvalue weighted by atomic mass is 9.62. The van der Waals surface area contributed by atoms with Gasteiger partial charge in [0.05, 0.1) is 6.61 Å². The zero-order valence-electron chi connectivity index (χ0n) is 19.6. The van der Waals surface area contributed by atoms with Gasteiger partial charge in [0.1, 0.15) is 16.6 Å². The molecule has 33 heavy (non-hydrogen) atoms. The summed E-state index contributed by atoms with van der Waals surface area (Å²) in [7, 11) is 0. The largest absolute Gasteiger partial charge is 0.478 e. The molecule has 1 aliphatic heterocycles. The summed E-state index contributed by atoms with van der Waals surface area (Å²) in [4.78, 5) is 49.4. The van der Waals surface area contributed by atoms with Crippen molar-refractivity contribution in [1.82, 2.24) is 0 Å². The average molecular weight is 461 g/mol. The average Bonchev–Trinajstić information content (AvgIpc) is 2.88. The van der Waals surface area contributed by atoms with Crippen LogP contribution in [0.15, 0.2) is 35.5 Å². The van der Waals surface area contributed by atoms with Crippen LogP contribution < -0.4 is 0 Å².